The van der Waals surface area contributed by atoms with Gasteiger partial charge in [0.15, 0.2) is 0 Å². The summed E-state index contributed by atoms with van der Waals surface area (Å²) in [5.41, 5.74) is 1.63. The molecule has 4 nitrogen and oxygen atoms in total. The number of pyridine rings is 1. The molecule has 2 rings (SSSR count). The minimum atomic E-state index is 0.493. The van der Waals surface area contributed by atoms with Crippen LogP contribution in [0.15, 0.2) is 18.3 Å². The molecule has 0 aliphatic carbocycles. The molecule has 1 aliphatic heterocycles. The van der Waals surface area contributed by atoms with Gasteiger partial charge in [-0.2, -0.15) is 5.26 Å². The molecule has 4 heteroatoms. The normalized spacial score (nSPS) is 17.9. The predicted octanol–water partition coefficient (Wildman–Crippen LogP) is 1.14. The Morgan fingerprint density at radius 3 is 3.00 bits per heavy atom. The number of nitrogens with zero attached hydrogens (tertiary/aromatic N) is 3. The highest BCUT2D eigenvalue weighted by molar-refractivity contribution is 5.25. The number of nitrogens with one attached hydrogen (secondary N) is 1. The van der Waals surface area contributed by atoms with Crippen LogP contribution >= 0.6 is 0 Å². The molecule has 1 saturated heterocycles. The minimum absolute atomic E-state index is 0.493. The number of nitriles is 1. The first-order valence-corrected chi connectivity index (χ1v) is 6.05. The van der Waals surface area contributed by atoms with Crippen LogP contribution in [0.5, 0.6) is 0 Å². The maximum atomic E-state index is 8.77. The average molecular weight is 230 g/mol. The molecule has 2 heterocycles. The van der Waals surface area contributed by atoms with Gasteiger partial charge in [0.1, 0.15) is 11.8 Å². The second-order valence-electron chi connectivity index (χ2n) is 4.62. The molecule has 0 saturated carbocycles. The lowest BCUT2D eigenvalue weighted by molar-refractivity contribution is 0.234. The first-order valence-electron chi connectivity index (χ1n) is 6.05. The molecule has 1 fully saturated rings. The summed E-state index contributed by atoms with van der Waals surface area (Å²) in [5, 5.41) is 12.3. The molecule has 1 N–H and O–H groups in total. The molecule has 17 heavy (non-hydrogen) atoms. The molecule has 0 bridgehead atoms. The van der Waals surface area contributed by atoms with E-state index in [1.54, 1.807) is 6.20 Å². The van der Waals surface area contributed by atoms with E-state index in [2.05, 4.69) is 28.3 Å². The Labute approximate surface area is 102 Å². The summed E-state index contributed by atoms with van der Waals surface area (Å²) in [6, 6.07) is 6.48. The number of piperidine rings is 1. The first-order chi connectivity index (χ1) is 8.28. The van der Waals surface area contributed by atoms with E-state index in [9.17, 15) is 0 Å². The quantitative estimate of drug-likeness (QED) is 0.846. The number of hydrogen-bond donors (Lipinski definition) is 1. The molecular weight excluding hydrogens is 212 g/mol. The topological polar surface area (TPSA) is 52.0 Å². The zero-order valence-electron chi connectivity index (χ0n) is 10.2. The smallest absolute Gasteiger partial charge is 0.140 e. The summed E-state index contributed by atoms with van der Waals surface area (Å²) in [7, 11) is 2.16. The van der Waals surface area contributed by atoms with E-state index in [0.717, 1.165) is 25.2 Å². The lowest BCUT2D eigenvalue weighted by Gasteiger charge is -2.29. The third-order valence-electron chi connectivity index (χ3n) is 3.25. The van der Waals surface area contributed by atoms with Crippen LogP contribution in [0.25, 0.3) is 0 Å². The Hall–Kier alpha value is -1.44. The molecule has 0 radical (unpaired) electrons. The van der Waals surface area contributed by atoms with Crippen LogP contribution in [0.1, 0.15) is 24.1 Å². The van der Waals surface area contributed by atoms with Crippen molar-refractivity contribution in [1.82, 2.24) is 15.2 Å². The summed E-state index contributed by atoms with van der Waals surface area (Å²) in [6.07, 6.45) is 4.10. The molecule has 90 valence electrons. The SMILES string of the molecule is CN1CCC(NCc2ccnc(C#N)c2)CC1. The number of likely N-dealkylation sites (tertiary alicyclic amines) is 1. The van der Waals surface area contributed by atoms with Crippen molar-refractivity contribution in [3.63, 3.8) is 0 Å². The Morgan fingerprint density at radius 1 is 1.53 bits per heavy atom. The van der Waals surface area contributed by atoms with Crippen molar-refractivity contribution in [3.05, 3.63) is 29.6 Å². The minimum Gasteiger partial charge on any atom is -0.310 e. The zero-order valence-corrected chi connectivity index (χ0v) is 10.2. The fraction of sp³-hybridized carbons (Fsp3) is 0.538. The van der Waals surface area contributed by atoms with Gasteiger partial charge in [-0.1, -0.05) is 0 Å². The van der Waals surface area contributed by atoms with E-state index in [4.69, 9.17) is 5.26 Å². The van der Waals surface area contributed by atoms with Crippen molar-refractivity contribution < 1.29 is 0 Å². The second kappa shape index (κ2) is 5.76. The van der Waals surface area contributed by atoms with E-state index in [1.165, 1.54) is 12.8 Å². The van der Waals surface area contributed by atoms with E-state index in [-0.39, 0.29) is 0 Å². The van der Waals surface area contributed by atoms with Gasteiger partial charge in [0.2, 0.25) is 0 Å². The van der Waals surface area contributed by atoms with Crippen LogP contribution in [-0.2, 0) is 6.54 Å². The number of hydrogen-bond acceptors (Lipinski definition) is 4. The van der Waals surface area contributed by atoms with Crippen molar-refractivity contribution in [2.45, 2.75) is 25.4 Å². The van der Waals surface area contributed by atoms with Crippen LogP contribution in [-0.4, -0.2) is 36.1 Å². The zero-order chi connectivity index (χ0) is 12.1. The molecule has 0 unspecified atom stereocenters. The van der Waals surface area contributed by atoms with Crippen molar-refractivity contribution in [1.29, 1.82) is 5.26 Å². The molecule has 0 amide bonds. The first kappa shape index (κ1) is 12.0. The molecule has 1 aromatic rings. The maximum absolute atomic E-state index is 8.77. The van der Waals surface area contributed by atoms with Crippen LogP contribution in [0, 0.1) is 11.3 Å². The van der Waals surface area contributed by atoms with Crippen LogP contribution in [0.4, 0.5) is 0 Å². The van der Waals surface area contributed by atoms with Gasteiger partial charge in [0.05, 0.1) is 0 Å². The fourth-order valence-corrected chi connectivity index (χ4v) is 2.12. The number of rotatable bonds is 3. The molecule has 1 aromatic heterocycles. The van der Waals surface area contributed by atoms with Crippen LogP contribution in [0.3, 0.4) is 0 Å². The highest BCUT2D eigenvalue weighted by Gasteiger charge is 2.15. The van der Waals surface area contributed by atoms with E-state index >= 15 is 0 Å². The maximum Gasteiger partial charge on any atom is 0.140 e. The second-order valence-corrected chi connectivity index (χ2v) is 4.62. The summed E-state index contributed by atoms with van der Waals surface area (Å²) < 4.78 is 0. The summed E-state index contributed by atoms with van der Waals surface area (Å²) in [6.45, 7) is 3.15. The van der Waals surface area contributed by atoms with E-state index in [1.807, 2.05) is 12.1 Å². The van der Waals surface area contributed by atoms with Gasteiger partial charge in [0.25, 0.3) is 0 Å². The standard InChI is InChI=1S/C13H18N4/c1-17-6-3-12(4-7-17)16-10-11-2-5-15-13(8-11)9-14/h2,5,8,12,16H,3-4,6-7,10H2,1H3. The summed E-state index contributed by atoms with van der Waals surface area (Å²) in [5.74, 6) is 0. The van der Waals surface area contributed by atoms with E-state index in [0.29, 0.717) is 11.7 Å². The third-order valence-corrected chi connectivity index (χ3v) is 3.25. The number of aromatic nitrogens is 1. The lowest BCUT2D eigenvalue weighted by Crippen LogP contribution is -2.40. The highest BCUT2D eigenvalue weighted by atomic mass is 15.1. The van der Waals surface area contributed by atoms with Crippen molar-refractivity contribution in [2.75, 3.05) is 20.1 Å². The van der Waals surface area contributed by atoms with Gasteiger partial charge >= 0.3 is 0 Å². The fourth-order valence-electron chi connectivity index (χ4n) is 2.12. The molecular formula is C13H18N4. The third kappa shape index (κ3) is 3.52. The van der Waals surface area contributed by atoms with Crippen LogP contribution in [0.2, 0.25) is 0 Å². The van der Waals surface area contributed by atoms with Crippen LogP contribution < -0.4 is 5.32 Å². The summed E-state index contributed by atoms with van der Waals surface area (Å²) >= 11 is 0. The molecule has 0 aromatic carbocycles. The summed E-state index contributed by atoms with van der Waals surface area (Å²) in [4.78, 5) is 6.33. The Kier molecular flexibility index (Phi) is 4.08. The average Bonchev–Trinajstić information content (AvgIpc) is 2.38. The predicted molar refractivity (Wildman–Crippen MR) is 66.3 cm³/mol. The molecule has 1 aliphatic rings. The highest BCUT2D eigenvalue weighted by Crippen LogP contribution is 2.09. The van der Waals surface area contributed by atoms with Crippen molar-refractivity contribution in [2.24, 2.45) is 0 Å². The van der Waals surface area contributed by atoms with Crippen molar-refractivity contribution >= 4 is 0 Å². The van der Waals surface area contributed by atoms with Gasteiger partial charge in [-0.15, -0.1) is 0 Å². The Balaban J connectivity index is 1.83. The van der Waals surface area contributed by atoms with Crippen molar-refractivity contribution in [3.8, 4) is 6.07 Å². The van der Waals surface area contributed by atoms with Gasteiger partial charge in [-0.3, -0.25) is 0 Å². The van der Waals surface area contributed by atoms with E-state index < -0.39 is 0 Å². The largest absolute Gasteiger partial charge is 0.310 e. The molecule has 0 spiro atoms. The monoisotopic (exact) mass is 230 g/mol. The van der Waals surface area contributed by atoms with Gasteiger partial charge in [0, 0.05) is 18.8 Å². The van der Waals surface area contributed by atoms with Gasteiger partial charge < -0.3 is 10.2 Å². The van der Waals surface area contributed by atoms with Gasteiger partial charge in [-0.25, -0.2) is 4.98 Å². The Morgan fingerprint density at radius 2 is 2.29 bits per heavy atom. The Bertz CT molecular complexity index is 402. The van der Waals surface area contributed by atoms with Gasteiger partial charge in [-0.05, 0) is 50.7 Å². The lowest BCUT2D eigenvalue weighted by atomic mass is 10.1. The molecule has 0 atom stereocenters.